The van der Waals surface area contributed by atoms with E-state index in [0.29, 0.717) is 25.6 Å². The molecule has 2 atom stereocenters. The van der Waals surface area contributed by atoms with Crippen LogP contribution >= 0.6 is 0 Å². The summed E-state index contributed by atoms with van der Waals surface area (Å²) in [5.74, 6) is 1.55. The average molecular weight is 439 g/mol. The molecule has 4 heterocycles. The van der Waals surface area contributed by atoms with Gasteiger partial charge in [-0.25, -0.2) is 4.98 Å². The first-order valence-corrected chi connectivity index (χ1v) is 11.5. The number of aromatic nitrogens is 2. The average Bonchev–Trinajstić information content (AvgIpc) is 3.52. The van der Waals surface area contributed by atoms with Gasteiger partial charge in [0.1, 0.15) is 11.6 Å². The molecule has 170 valence electrons. The molecular weight excluding hydrogens is 408 g/mol. The number of rotatable bonds is 5. The minimum Gasteiger partial charge on any atom is -0.497 e. The molecular formula is C24H30N4O4. The van der Waals surface area contributed by atoms with Crippen molar-refractivity contribution in [3.05, 3.63) is 57.3 Å². The van der Waals surface area contributed by atoms with Crippen molar-refractivity contribution in [2.45, 2.75) is 44.8 Å². The second-order valence-corrected chi connectivity index (χ2v) is 8.94. The number of ether oxygens (including phenoxy) is 2. The van der Waals surface area contributed by atoms with Crippen molar-refractivity contribution in [1.29, 1.82) is 0 Å². The molecule has 0 saturated carbocycles. The Hall–Kier alpha value is -2.71. The fourth-order valence-corrected chi connectivity index (χ4v) is 5.06. The summed E-state index contributed by atoms with van der Waals surface area (Å²) < 4.78 is 10.6. The molecule has 8 nitrogen and oxygen atoms in total. The molecule has 5 rings (SSSR count). The SMILES string of the molecule is COc1ccc(CN2CCc3nc([C@@H]4CCCN4C(=O)[C@H]4CCOC4)[nH]c(=O)c3C2)cc1. The van der Waals surface area contributed by atoms with Gasteiger partial charge in [-0.1, -0.05) is 12.1 Å². The van der Waals surface area contributed by atoms with E-state index in [-0.39, 0.29) is 23.4 Å². The highest BCUT2D eigenvalue weighted by Crippen LogP contribution is 2.33. The largest absolute Gasteiger partial charge is 0.497 e. The lowest BCUT2D eigenvalue weighted by molar-refractivity contribution is -0.136. The quantitative estimate of drug-likeness (QED) is 0.769. The van der Waals surface area contributed by atoms with Crippen LogP contribution in [0.1, 0.15) is 47.9 Å². The lowest BCUT2D eigenvalue weighted by Crippen LogP contribution is -2.39. The first kappa shape index (κ1) is 21.2. The summed E-state index contributed by atoms with van der Waals surface area (Å²) in [5.41, 5.74) is 2.73. The van der Waals surface area contributed by atoms with Gasteiger partial charge in [-0.15, -0.1) is 0 Å². The molecule has 8 heteroatoms. The van der Waals surface area contributed by atoms with Crippen LogP contribution in [0.15, 0.2) is 29.1 Å². The Morgan fingerprint density at radius 3 is 2.84 bits per heavy atom. The number of hydrogen-bond donors (Lipinski definition) is 1. The topological polar surface area (TPSA) is 87.8 Å². The van der Waals surface area contributed by atoms with E-state index in [2.05, 4.69) is 22.0 Å². The molecule has 2 fully saturated rings. The number of benzene rings is 1. The zero-order chi connectivity index (χ0) is 22.1. The van der Waals surface area contributed by atoms with Crippen LogP contribution in [0.25, 0.3) is 0 Å². The minimum absolute atomic E-state index is 0.0635. The lowest BCUT2D eigenvalue weighted by atomic mass is 10.0. The van der Waals surface area contributed by atoms with Crippen molar-refractivity contribution in [2.24, 2.45) is 5.92 Å². The van der Waals surface area contributed by atoms with Gasteiger partial charge in [-0.05, 0) is 37.0 Å². The maximum atomic E-state index is 13.0. The van der Waals surface area contributed by atoms with Gasteiger partial charge in [0.25, 0.3) is 5.56 Å². The highest BCUT2D eigenvalue weighted by molar-refractivity contribution is 5.80. The van der Waals surface area contributed by atoms with E-state index in [4.69, 9.17) is 14.5 Å². The summed E-state index contributed by atoms with van der Waals surface area (Å²) in [7, 11) is 1.66. The number of carbonyl (C=O) groups excluding carboxylic acids is 1. The van der Waals surface area contributed by atoms with E-state index in [1.165, 1.54) is 5.56 Å². The number of fused-ring (bicyclic) bond motifs is 1. The summed E-state index contributed by atoms with van der Waals surface area (Å²) in [6, 6.07) is 7.89. The first-order valence-electron chi connectivity index (χ1n) is 11.5. The number of H-pyrrole nitrogens is 1. The highest BCUT2D eigenvalue weighted by atomic mass is 16.5. The van der Waals surface area contributed by atoms with Crippen LogP contribution in [-0.4, -0.2) is 59.1 Å². The molecule has 3 aliphatic heterocycles. The zero-order valence-electron chi connectivity index (χ0n) is 18.5. The van der Waals surface area contributed by atoms with E-state index >= 15 is 0 Å². The van der Waals surface area contributed by atoms with Crippen LogP contribution in [0.5, 0.6) is 5.75 Å². The Kier molecular flexibility index (Phi) is 5.97. The van der Waals surface area contributed by atoms with Gasteiger partial charge in [-0.3, -0.25) is 14.5 Å². The predicted molar refractivity (Wildman–Crippen MR) is 118 cm³/mol. The van der Waals surface area contributed by atoms with Crippen LogP contribution in [0, 0.1) is 5.92 Å². The molecule has 2 aromatic rings. The van der Waals surface area contributed by atoms with Crippen molar-refractivity contribution in [3.63, 3.8) is 0 Å². The molecule has 1 aromatic carbocycles. The molecule has 1 amide bonds. The maximum absolute atomic E-state index is 13.0. The fourth-order valence-electron chi connectivity index (χ4n) is 5.06. The molecule has 0 radical (unpaired) electrons. The number of likely N-dealkylation sites (tertiary alicyclic amines) is 1. The summed E-state index contributed by atoms with van der Waals surface area (Å²) in [6.45, 7) is 4.07. The van der Waals surface area contributed by atoms with Gasteiger partial charge in [0.05, 0.1) is 36.9 Å². The van der Waals surface area contributed by atoms with E-state index < -0.39 is 0 Å². The highest BCUT2D eigenvalue weighted by Gasteiger charge is 2.37. The number of hydrogen-bond acceptors (Lipinski definition) is 6. The molecule has 0 aliphatic carbocycles. The van der Waals surface area contributed by atoms with Gasteiger partial charge in [0, 0.05) is 39.2 Å². The molecule has 0 bridgehead atoms. The summed E-state index contributed by atoms with van der Waals surface area (Å²) in [6.07, 6.45) is 3.28. The number of nitrogens with zero attached hydrogens (tertiary/aromatic N) is 3. The van der Waals surface area contributed by atoms with Crippen LogP contribution in [-0.2, 0) is 29.0 Å². The van der Waals surface area contributed by atoms with Crippen LogP contribution in [0.4, 0.5) is 0 Å². The summed E-state index contributed by atoms with van der Waals surface area (Å²) >= 11 is 0. The van der Waals surface area contributed by atoms with E-state index in [0.717, 1.165) is 62.3 Å². The third-order valence-electron chi connectivity index (χ3n) is 6.86. The van der Waals surface area contributed by atoms with Crippen molar-refractivity contribution in [2.75, 3.05) is 33.4 Å². The fraction of sp³-hybridized carbons (Fsp3) is 0.542. The lowest BCUT2D eigenvalue weighted by Gasteiger charge is -2.30. The third kappa shape index (κ3) is 4.17. The van der Waals surface area contributed by atoms with Gasteiger partial charge in [-0.2, -0.15) is 0 Å². The Labute approximate surface area is 187 Å². The number of aromatic amines is 1. The predicted octanol–water partition coefficient (Wildman–Crippen LogP) is 2.04. The summed E-state index contributed by atoms with van der Waals surface area (Å²) in [5, 5.41) is 0. The van der Waals surface area contributed by atoms with Crippen molar-refractivity contribution in [1.82, 2.24) is 19.8 Å². The Balaban J connectivity index is 1.31. The van der Waals surface area contributed by atoms with Gasteiger partial charge in [0.2, 0.25) is 5.91 Å². The number of nitrogens with one attached hydrogen (secondary N) is 1. The minimum atomic E-state index is -0.140. The number of methoxy groups -OCH3 is 1. The van der Waals surface area contributed by atoms with Crippen LogP contribution < -0.4 is 10.3 Å². The van der Waals surface area contributed by atoms with Gasteiger partial charge >= 0.3 is 0 Å². The standard InChI is InChI=1S/C24H30N4O4/c1-31-18-6-4-16(5-7-18)13-27-11-8-20-19(14-27)23(29)26-22(25-20)21-3-2-10-28(21)24(30)17-9-12-32-15-17/h4-7,17,21H,2-3,8-15H2,1H3,(H,25,26,29)/t17-,21-/m0/s1. The molecule has 1 N–H and O–H groups in total. The van der Waals surface area contributed by atoms with Crippen molar-refractivity contribution in [3.8, 4) is 5.75 Å². The zero-order valence-corrected chi connectivity index (χ0v) is 18.5. The molecule has 32 heavy (non-hydrogen) atoms. The summed E-state index contributed by atoms with van der Waals surface area (Å²) in [4.78, 5) is 38.0. The maximum Gasteiger partial charge on any atom is 0.255 e. The van der Waals surface area contributed by atoms with Gasteiger partial charge in [0.15, 0.2) is 0 Å². The third-order valence-corrected chi connectivity index (χ3v) is 6.86. The molecule has 3 aliphatic rings. The van der Waals surface area contributed by atoms with Gasteiger partial charge < -0.3 is 19.4 Å². The molecule has 1 aromatic heterocycles. The Bertz CT molecular complexity index is 1030. The number of carbonyl (C=O) groups is 1. The number of amides is 1. The monoisotopic (exact) mass is 438 g/mol. The van der Waals surface area contributed by atoms with Crippen molar-refractivity contribution >= 4 is 5.91 Å². The molecule has 0 unspecified atom stereocenters. The normalized spacial score (nSPS) is 23.3. The van der Waals surface area contributed by atoms with Crippen LogP contribution in [0.3, 0.4) is 0 Å². The smallest absolute Gasteiger partial charge is 0.255 e. The molecule has 2 saturated heterocycles. The second-order valence-electron chi connectivity index (χ2n) is 8.94. The van der Waals surface area contributed by atoms with E-state index in [9.17, 15) is 9.59 Å². The van der Waals surface area contributed by atoms with E-state index in [1.54, 1.807) is 7.11 Å². The van der Waals surface area contributed by atoms with Crippen LogP contribution in [0.2, 0.25) is 0 Å². The second kappa shape index (κ2) is 9.03. The first-order chi connectivity index (χ1) is 15.6. The molecule has 0 spiro atoms. The Morgan fingerprint density at radius 1 is 1.25 bits per heavy atom. The Morgan fingerprint density at radius 2 is 2.09 bits per heavy atom. The van der Waals surface area contributed by atoms with E-state index in [1.807, 2.05) is 17.0 Å². The van der Waals surface area contributed by atoms with Crippen molar-refractivity contribution < 1.29 is 14.3 Å².